The molecule has 0 bridgehead atoms. The molecule has 6 heteroatoms. The highest BCUT2D eigenvalue weighted by Gasteiger charge is 2.27. The van der Waals surface area contributed by atoms with Crippen LogP contribution in [0.1, 0.15) is 30.1 Å². The number of nitrogens with zero attached hydrogens (tertiary/aromatic N) is 3. The fourth-order valence-electron chi connectivity index (χ4n) is 3.37. The third-order valence-corrected chi connectivity index (χ3v) is 4.67. The van der Waals surface area contributed by atoms with Gasteiger partial charge in [-0.1, -0.05) is 12.1 Å². The lowest BCUT2D eigenvalue weighted by atomic mass is 10.1. The maximum Gasteiger partial charge on any atom is 0.409 e. The Morgan fingerprint density at radius 2 is 1.58 bits per heavy atom. The highest BCUT2D eigenvalue weighted by atomic mass is 16.6. The van der Waals surface area contributed by atoms with Gasteiger partial charge < -0.3 is 19.4 Å². The summed E-state index contributed by atoms with van der Waals surface area (Å²) in [6.45, 7) is 6.35. The fourth-order valence-corrected chi connectivity index (χ4v) is 3.37. The lowest BCUT2D eigenvalue weighted by Crippen LogP contribution is -2.50. The molecule has 1 aromatic rings. The van der Waals surface area contributed by atoms with Gasteiger partial charge in [0.15, 0.2) is 0 Å². The van der Waals surface area contributed by atoms with Crippen LogP contribution >= 0.6 is 0 Å². The van der Waals surface area contributed by atoms with Crippen LogP contribution in [-0.4, -0.2) is 67.7 Å². The van der Waals surface area contributed by atoms with Gasteiger partial charge in [-0.2, -0.15) is 0 Å². The van der Waals surface area contributed by atoms with Crippen LogP contribution in [0.5, 0.6) is 0 Å². The van der Waals surface area contributed by atoms with Crippen LogP contribution in [0.3, 0.4) is 0 Å². The summed E-state index contributed by atoms with van der Waals surface area (Å²) in [5.41, 5.74) is 1.80. The molecule has 2 heterocycles. The normalized spacial score (nSPS) is 18.0. The van der Waals surface area contributed by atoms with Gasteiger partial charge in [0, 0.05) is 45.0 Å². The van der Waals surface area contributed by atoms with Gasteiger partial charge in [-0.3, -0.25) is 4.79 Å². The van der Waals surface area contributed by atoms with Crippen molar-refractivity contribution in [1.29, 1.82) is 0 Å². The molecule has 0 unspecified atom stereocenters. The van der Waals surface area contributed by atoms with Crippen LogP contribution in [0.2, 0.25) is 0 Å². The number of anilines is 1. The molecule has 0 saturated carbocycles. The van der Waals surface area contributed by atoms with Gasteiger partial charge in [-0.25, -0.2) is 4.79 Å². The predicted octanol–water partition coefficient (Wildman–Crippen LogP) is 2.20. The number of carbonyl (C=O) groups is 2. The summed E-state index contributed by atoms with van der Waals surface area (Å²) in [5.74, 6) is 0.0565. The zero-order chi connectivity index (χ0) is 16.9. The van der Waals surface area contributed by atoms with Crippen molar-refractivity contribution in [3.05, 3.63) is 29.8 Å². The number of ether oxygens (including phenoxy) is 1. The fraction of sp³-hybridized carbons (Fsp3) is 0.556. The summed E-state index contributed by atoms with van der Waals surface area (Å²) in [6.07, 6.45) is 2.07. The first-order chi connectivity index (χ1) is 11.7. The number of amides is 2. The Kier molecular flexibility index (Phi) is 5.23. The molecule has 130 valence electrons. The van der Waals surface area contributed by atoms with E-state index in [1.54, 1.807) is 11.8 Å². The lowest BCUT2D eigenvalue weighted by Gasteiger charge is -2.34. The number of hydrogen-bond donors (Lipinski definition) is 0. The number of para-hydroxylation sites is 1. The molecule has 2 aliphatic rings. The largest absolute Gasteiger partial charge is 0.450 e. The Morgan fingerprint density at radius 1 is 0.958 bits per heavy atom. The van der Waals surface area contributed by atoms with E-state index < -0.39 is 0 Å². The van der Waals surface area contributed by atoms with E-state index in [9.17, 15) is 9.59 Å². The maximum absolute atomic E-state index is 12.9. The van der Waals surface area contributed by atoms with Gasteiger partial charge in [0.2, 0.25) is 0 Å². The van der Waals surface area contributed by atoms with Crippen LogP contribution in [0, 0.1) is 0 Å². The van der Waals surface area contributed by atoms with Gasteiger partial charge in [-0.05, 0) is 31.9 Å². The first-order valence-electron chi connectivity index (χ1n) is 8.75. The highest BCUT2D eigenvalue weighted by Crippen LogP contribution is 2.26. The minimum atomic E-state index is -0.290. The molecule has 0 N–H and O–H groups in total. The van der Waals surface area contributed by atoms with Crippen molar-refractivity contribution in [2.45, 2.75) is 19.8 Å². The zero-order valence-corrected chi connectivity index (χ0v) is 14.2. The molecule has 2 fully saturated rings. The maximum atomic E-state index is 12.9. The van der Waals surface area contributed by atoms with Gasteiger partial charge >= 0.3 is 6.09 Å². The predicted molar refractivity (Wildman–Crippen MR) is 92.4 cm³/mol. The average molecular weight is 331 g/mol. The summed E-state index contributed by atoms with van der Waals surface area (Å²) in [4.78, 5) is 30.5. The Balaban J connectivity index is 1.67. The van der Waals surface area contributed by atoms with E-state index in [-0.39, 0.29) is 12.0 Å². The summed E-state index contributed by atoms with van der Waals surface area (Å²) in [5, 5.41) is 0. The molecule has 2 amide bonds. The number of hydrogen-bond acceptors (Lipinski definition) is 4. The van der Waals surface area contributed by atoms with Crippen molar-refractivity contribution in [1.82, 2.24) is 9.80 Å². The summed E-state index contributed by atoms with van der Waals surface area (Å²) in [6, 6.07) is 7.85. The third-order valence-electron chi connectivity index (χ3n) is 4.67. The van der Waals surface area contributed by atoms with Crippen molar-refractivity contribution < 1.29 is 14.3 Å². The first kappa shape index (κ1) is 16.6. The number of benzene rings is 1. The number of carbonyl (C=O) groups excluding carboxylic acids is 2. The summed E-state index contributed by atoms with van der Waals surface area (Å²) < 4.78 is 5.03. The molecule has 0 aromatic heterocycles. The molecule has 6 nitrogen and oxygen atoms in total. The second kappa shape index (κ2) is 7.55. The van der Waals surface area contributed by atoms with E-state index in [1.165, 1.54) is 12.8 Å². The minimum absolute atomic E-state index is 0.0565. The topological polar surface area (TPSA) is 53.1 Å². The molecule has 0 aliphatic carbocycles. The molecule has 24 heavy (non-hydrogen) atoms. The Hall–Kier alpha value is -2.24. The smallest absolute Gasteiger partial charge is 0.409 e. The van der Waals surface area contributed by atoms with Crippen molar-refractivity contribution in [2.24, 2.45) is 0 Å². The Morgan fingerprint density at radius 3 is 2.25 bits per heavy atom. The molecule has 0 atom stereocenters. The number of rotatable bonds is 3. The van der Waals surface area contributed by atoms with Crippen molar-refractivity contribution in [3.63, 3.8) is 0 Å². The third kappa shape index (κ3) is 3.47. The molecule has 2 saturated heterocycles. The second-order valence-corrected chi connectivity index (χ2v) is 6.19. The van der Waals surface area contributed by atoms with Gasteiger partial charge in [0.1, 0.15) is 0 Å². The molecular weight excluding hydrogens is 306 g/mol. The van der Waals surface area contributed by atoms with Crippen LogP contribution in [-0.2, 0) is 4.74 Å². The molecule has 0 spiro atoms. The molecule has 3 rings (SSSR count). The quantitative estimate of drug-likeness (QED) is 0.852. The molecular formula is C18H25N3O3. The highest BCUT2D eigenvalue weighted by molar-refractivity contribution is 6.00. The number of piperazine rings is 1. The van der Waals surface area contributed by atoms with E-state index in [0.29, 0.717) is 32.8 Å². The van der Waals surface area contributed by atoms with Gasteiger partial charge in [0.05, 0.1) is 12.2 Å². The molecule has 2 aliphatic heterocycles. The second-order valence-electron chi connectivity index (χ2n) is 6.19. The van der Waals surface area contributed by atoms with E-state index in [0.717, 1.165) is 24.3 Å². The van der Waals surface area contributed by atoms with Crippen molar-refractivity contribution in [3.8, 4) is 0 Å². The summed E-state index contributed by atoms with van der Waals surface area (Å²) in [7, 11) is 0. The van der Waals surface area contributed by atoms with Crippen LogP contribution in [0.15, 0.2) is 24.3 Å². The van der Waals surface area contributed by atoms with Crippen LogP contribution in [0.25, 0.3) is 0 Å². The minimum Gasteiger partial charge on any atom is -0.450 e. The van der Waals surface area contributed by atoms with E-state index in [2.05, 4.69) is 4.90 Å². The van der Waals surface area contributed by atoms with Crippen molar-refractivity contribution >= 4 is 17.7 Å². The molecule has 1 aromatic carbocycles. The Labute approximate surface area is 143 Å². The average Bonchev–Trinajstić information content (AvgIpc) is 3.16. The van der Waals surface area contributed by atoms with E-state index in [4.69, 9.17) is 4.74 Å². The Bertz CT molecular complexity index is 591. The lowest BCUT2D eigenvalue weighted by molar-refractivity contribution is 0.0571. The van der Waals surface area contributed by atoms with Crippen LogP contribution in [0.4, 0.5) is 10.5 Å². The zero-order valence-electron chi connectivity index (χ0n) is 14.2. The molecule has 0 radical (unpaired) electrons. The van der Waals surface area contributed by atoms with Gasteiger partial charge in [0.25, 0.3) is 5.91 Å². The van der Waals surface area contributed by atoms with E-state index in [1.807, 2.05) is 29.2 Å². The van der Waals surface area contributed by atoms with Crippen LogP contribution < -0.4 is 4.90 Å². The first-order valence-corrected chi connectivity index (χ1v) is 8.75. The van der Waals surface area contributed by atoms with Gasteiger partial charge in [-0.15, -0.1) is 0 Å². The van der Waals surface area contributed by atoms with Crippen molar-refractivity contribution in [2.75, 3.05) is 50.8 Å². The SMILES string of the molecule is CCOC(=O)N1CCN(C(=O)c2ccccc2N2CCCC2)CC1. The standard InChI is InChI=1S/C18H25N3O3/c1-2-24-18(23)21-13-11-20(12-14-21)17(22)15-7-3-4-8-16(15)19-9-5-6-10-19/h3-4,7-8H,2,5-6,9-14H2,1H3. The monoisotopic (exact) mass is 331 g/mol. The van der Waals surface area contributed by atoms with E-state index >= 15 is 0 Å². The summed E-state index contributed by atoms with van der Waals surface area (Å²) >= 11 is 0.